The molecule has 5 heterocycles. The Labute approximate surface area is 201 Å². The van der Waals surface area contributed by atoms with Crippen molar-refractivity contribution in [3.8, 4) is 0 Å². The Kier molecular flexibility index (Phi) is 7.99. The van der Waals surface area contributed by atoms with Gasteiger partial charge in [0.2, 0.25) is 5.28 Å². The molecule has 166 valence electrons. The summed E-state index contributed by atoms with van der Waals surface area (Å²) in [5.41, 5.74) is 6.54. The summed E-state index contributed by atoms with van der Waals surface area (Å²) in [6.45, 7) is 0. The molecule has 5 aromatic heterocycles. The molecule has 0 aliphatic heterocycles. The van der Waals surface area contributed by atoms with Gasteiger partial charge >= 0.3 is 11.7 Å². The number of halogens is 2. The first-order chi connectivity index (χ1) is 15.3. The highest BCUT2D eigenvalue weighted by Crippen LogP contribution is 2.26. The molecule has 0 aromatic carbocycles. The van der Waals surface area contributed by atoms with E-state index in [1.54, 1.807) is 22.9 Å². The second-order valence-corrected chi connectivity index (χ2v) is 9.13. The number of anilines is 1. The number of ether oxygens (including phenoxy) is 1. The van der Waals surface area contributed by atoms with E-state index in [-0.39, 0.29) is 16.8 Å². The maximum atomic E-state index is 11.0. The molecule has 0 atom stereocenters. The predicted octanol–water partition coefficient (Wildman–Crippen LogP) is 4.39. The van der Waals surface area contributed by atoms with Crippen molar-refractivity contribution in [1.29, 1.82) is 0 Å². The van der Waals surface area contributed by atoms with E-state index in [2.05, 4.69) is 24.7 Å². The predicted molar refractivity (Wildman–Crippen MR) is 131 cm³/mol. The molecule has 0 amide bonds. The van der Waals surface area contributed by atoms with E-state index in [9.17, 15) is 14.4 Å². The van der Waals surface area contributed by atoms with Crippen LogP contribution in [-0.2, 0) is 4.74 Å². The second kappa shape index (κ2) is 10.7. The lowest BCUT2D eigenvalue weighted by Gasteiger charge is -1.94. The monoisotopic (exact) mass is 529 g/mol. The number of aromatic amines is 2. The van der Waals surface area contributed by atoms with Crippen molar-refractivity contribution >= 4 is 89.3 Å². The minimum atomic E-state index is -0.457. The van der Waals surface area contributed by atoms with Crippen LogP contribution >= 0.6 is 57.2 Å². The molecule has 0 aliphatic carbocycles. The highest BCUT2D eigenvalue weighted by Gasteiger charge is 2.09. The number of nitrogens with zero attached hydrogens (tertiary/aromatic N) is 2. The van der Waals surface area contributed by atoms with Crippen molar-refractivity contribution in [1.82, 2.24) is 19.9 Å². The number of carbonyl (C=O) groups excluding carboxylic acids is 1. The number of nitrogens with one attached hydrogen (secondary N) is 2. The topological polar surface area (TPSA) is 144 Å². The smallest absolute Gasteiger partial charge is 0.350 e. The first-order valence-electron chi connectivity index (χ1n) is 8.47. The van der Waals surface area contributed by atoms with E-state index in [0.29, 0.717) is 25.9 Å². The van der Waals surface area contributed by atoms with Crippen molar-refractivity contribution in [2.75, 3.05) is 12.8 Å². The van der Waals surface area contributed by atoms with Crippen LogP contribution in [0.3, 0.4) is 0 Å². The lowest BCUT2D eigenvalue weighted by atomic mass is 10.4. The van der Waals surface area contributed by atoms with Crippen molar-refractivity contribution in [2.45, 2.75) is 0 Å². The Balaban J connectivity index is 0.000000136. The lowest BCUT2D eigenvalue weighted by Crippen LogP contribution is -2.20. The van der Waals surface area contributed by atoms with E-state index in [0.717, 1.165) is 10.2 Å². The fourth-order valence-electron chi connectivity index (χ4n) is 2.28. The molecule has 0 unspecified atom stereocenters. The number of nitrogen functional groups attached to an aromatic ring is 1. The highest BCUT2D eigenvalue weighted by molar-refractivity contribution is 7.17. The molecule has 0 saturated heterocycles. The van der Waals surface area contributed by atoms with Gasteiger partial charge in [0.25, 0.3) is 5.56 Å². The van der Waals surface area contributed by atoms with Crippen molar-refractivity contribution in [2.24, 2.45) is 0 Å². The highest BCUT2D eigenvalue weighted by atomic mass is 35.5. The third-order valence-corrected chi connectivity index (χ3v) is 6.94. The van der Waals surface area contributed by atoms with Crippen LogP contribution in [0.5, 0.6) is 0 Å². The summed E-state index contributed by atoms with van der Waals surface area (Å²) >= 11 is 15.5. The molecule has 5 rings (SSSR count). The number of fused-ring (bicyclic) bond motifs is 2. The van der Waals surface area contributed by atoms with Gasteiger partial charge in [-0.15, -0.1) is 34.0 Å². The average molecular weight is 530 g/mol. The number of aromatic nitrogens is 4. The first kappa shape index (κ1) is 23.9. The van der Waals surface area contributed by atoms with Gasteiger partial charge in [-0.25, -0.2) is 19.6 Å². The standard InChI is InChI=1S/C6H2Cl2N2S.C6H4N2O2S.C6H7NO2S/c7-5-4-3(1-2-11-4)9-6(8)10-5;9-5-4-3(1-2-11-4)7-6(10)8-5;1-9-6(8)5-4(7)2-3-10-5/h1-2H;1-2H,(H2,7,8,9,10);2-3H,7H2,1H3. The molecule has 32 heavy (non-hydrogen) atoms. The number of rotatable bonds is 1. The first-order valence-corrected chi connectivity index (χ1v) is 11.9. The Morgan fingerprint density at radius 3 is 2.38 bits per heavy atom. The van der Waals surface area contributed by atoms with Crippen LogP contribution in [0.2, 0.25) is 10.4 Å². The number of H-pyrrole nitrogens is 2. The summed E-state index contributed by atoms with van der Waals surface area (Å²) in [7, 11) is 1.33. The van der Waals surface area contributed by atoms with Crippen LogP contribution in [0.4, 0.5) is 5.69 Å². The number of methoxy groups -OCH3 is 1. The minimum absolute atomic E-state index is 0.195. The number of esters is 1. The number of thiophene rings is 3. The van der Waals surface area contributed by atoms with Crippen LogP contribution in [-0.4, -0.2) is 33.0 Å². The van der Waals surface area contributed by atoms with Gasteiger partial charge in [0.15, 0.2) is 5.15 Å². The summed E-state index contributed by atoms with van der Waals surface area (Å²) in [6, 6.07) is 5.24. The molecule has 0 saturated carbocycles. The Morgan fingerprint density at radius 2 is 1.69 bits per heavy atom. The van der Waals surface area contributed by atoms with Gasteiger partial charge in [0.1, 0.15) is 9.58 Å². The second-order valence-electron chi connectivity index (χ2n) is 5.69. The van der Waals surface area contributed by atoms with Gasteiger partial charge in [-0.3, -0.25) is 9.78 Å². The van der Waals surface area contributed by atoms with Crippen molar-refractivity contribution in [3.05, 3.63) is 70.5 Å². The number of nitrogens with two attached hydrogens (primary N) is 1. The normalized spacial score (nSPS) is 10.2. The number of hydrogen-bond donors (Lipinski definition) is 3. The van der Waals surface area contributed by atoms with Gasteiger partial charge < -0.3 is 15.5 Å². The average Bonchev–Trinajstić information content (AvgIpc) is 3.49. The maximum absolute atomic E-state index is 11.0. The van der Waals surface area contributed by atoms with Crippen LogP contribution < -0.4 is 17.0 Å². The number of hydrogen-bond acceptors (Lipinski definition) is 10. The summed E-state index contributed by atoms with van der Waals surface area (Å²) < 4.78 is 5.91. The molecule has 0 radical (unpaired) electrons. The Hall–Kier alpha value is -2.77. The zero-order valence-electron chi connectivity index (χ0n) is 16.0. The van der Waals surface area contributed by atoms with Crippen molar-refractivity contribution in [3.63, 3.8) is 0 Å². The third-order valence-electron chi connectivity index (χ3n) is 3.65. The van der Waals surface area contributed by atoms with Crippen LogP contribution in [0.1, 0.15) is 9.67 Å². The molecule has 4 N–H and O–H groups in total. The van der Waals surface area contributed by atoms with E-state index >= 15 is 0 Å². The molecular weight excluding hydrogens is 517 g/mol. The Bertz CT molecular complexity index is 1490. The summed E-state index contributed by atoms with van der Waals surface area (Å²) in [6.07, 6.45) is 0. The fourth-order valence-corrected chi connectivity index (χ4v) is 4.99. The molecule has 0 bridgehead atoms. The molecule has 14 heteroatoms. The molecule has 0 aliphatic rings. The molecule has 0 spiro atoms. The molecule has 0 fully saturated rings. The largest absolute Gasteiger partial charge is 0.465 e. The minimum Gasteiger partial charge on any atom is -0.465 e. The lowest BCUT2D eigenvalue weighted by molar-refractivity contribution is 0.0607. The van der Waals surface area contributed by atoms with Crippen LogP contribution in [0, 0.1) is 0 Å². The van der Waals surface area contributed by atoms with E-state index in [1.165, 1.54) is 41.1 Å². The molecule has 9 nitrogen and oxygen atoms in total. The van der Waals surface area contributed by atoms with Gasteiger partial charge in [-0.2, -0.15) is 0 Å². The number of carbonyl (C=O) groups is 1. The zero-order chi connectivity index (χ0) is 23.3. The van der Waals surface area contributed by atoms with E-state index < -0.39 is 5.69 Å². The molecular formula is C18H13Cl2N5O4S3. The quantitative estimate of drug-likeness (QED) is 0.166. The van der Waals surface area contributed by atoms with Gasteiger partial charge in [-0.05, 0) is 45.9 Å². The van der Waals surface area contributed by atoms with Crippen molar-refractivity contribution < 1.29 is 9.53 Å². The summed E-state index contributed by atoms with van der Waals surface area (Å²) in [5, 5.41) is 6.04. The molecule has 5 aromatic rings. The fraction of sp³-hybridized carbons (Fsp3) is 0.0556. The van der Waals surface area contributed by atoms with Crippen LogP contribution in [0.15, 0.2) is 43.9 Å². The summed E-state index contributed by atoms with van der Waals surface area (Å²) in [4.78, 5) is 45.4. The third kappa shape index (κ3) is 5.72. The maximum Gasteiger partial charge on any atom is 0.350 e. The van der Waals surface area contributed by atoms with Gasteiger partial charge in [-0.1, -0.05) is 11.6 Å². The summed E-state index contributed by atoms with van der Waals surface area (Å²) in [5.74, 6) is -0.368. The zero-order valence-corrected chi connectivity index (χ0v) is 20.0. The van der Waals surface area contributed by atoms with Crippen LogP contribution in [0.25, 0.3) is 20.4 Å². The van der Waals surface area contributed by atoms with E-state index in [4.69, 9.17) is 28.9 Å². The SMILES string of the molecule is COC(=O)c1sccc1N.Clc1nc(Cl)c2sccc2n1.O=c1[nH]c(=O)c2sccc2[nH]1. The van der Waals surface area contributed by atoms with Gasteiger partial charge in [0.05, 0.1) is 28.5 Å². The van der Waals surface area contributed by atoms with Gasteiger partial charge in [0, 0.05) is 0 Å². The Morgan fingerprint density at radius 1 is 1.00 bits per heavy atom. The van der Waals surface area contributed by atoms with E-state index in [1.807, 2.05) is 11.4 Å².